The Morgan fingerprint density at radius 2 is 1.86 bits per heavy atom. The minimum atomic E-state index is -1.23. The molecule has 2 aromatic carbocycles. The van der Waals surface area contributed by atoms with Crippen molar-refractivity contribution in [3.8, 4) is 11.5 Å². The highest BCUT2D eigenvalue weighted by molar-refractivity contribution is 6.00. The summed E-state index contributed by atoms with van der Waals surface area (Å²) >= 11 is 0. The molecule has 0 amide bonds. The molecule has 0 saturated heterocycles. The molecular formula is C17H18O5. The van der Waals surface area contributed by atoms with Crippen molar-refractivity contribution < 1.29 is 24.5 Å². The summed E-state index contributed by atoms with van der Waals surface area (Å²) in [6, 6.07) is 13.4. The van der Waals surface area contributed by atoms with E-state index in [1.54, 1.807) is 36.4 Å². The van der Waals surface area contributed by atoms with Crippen LogP contribution in [0.15, 0.2) is 48.5 Å². The topological polar surface area (TPSA) is 76.0 Å². The summed E-state index contributed by atoms with van der Waals surface area (Å²) in [5, 5.41) is 18.9. The van der Waals surface area contributed by atoms with Gasteiger partial charge in [-0.2, -0.15) is 0 Å². The van der Waals surface area contributed by atoms with Crippen LogP contribution in [0.3, 0.4) is 0 Å². The van der Waals surface area contributed by atoms with E-state index in [4.69, 9.17) is 14.6 Å². The fraction of sp³-hybridized carbons (Fsp3) is 0.235. The summed E-state index contributed by atoms with van der Waals surface area (Å²) in [7, 11) is 1.46. The maximum absolute atomic E-state index is 12.4. The number of ether oxygens (including phenoxy) is 2. The number of aliphatic hydroxyl groups excluding tert-OH is 2. The predicted molar refractivity (Wildman–Crippen MR) is 81.3 cm³/mol. The monoisotopic (exact) mass is 302 g/mol. The molecule has 0 radical (unpaired) electrons. The van der Waals surface area contributed by atoms with Crippen molar-refractivity contribution in [1.82, 2.24) is 0 Å². The molecule has 2 N–H and O–H groups in total. The van der Waals surface area contributed by atoms with Gasteiger partial charge in [0, 0.05) is 5.56 Å². The van der Waals surface area contributed by atoms with E-state index < -0.39 is 11.9 Å². The van der Waals surface area contributed by atoms with E-state index in [9.17, 15) is 9.90 Å². The van der Waals surface area contributed by atoms with Crippen LogP contribution in [0, 0.1) is 0 Å². The minimum absolute atomic E-state index is 0.115. The normalized spacial score (nSPS) is 11.8. The van der Waals surface area contributed by atoms with Crippen LogP contribution in [-0.2, 0) is 0 Å². The van der Waals surface area contributed by atoms with Crippen molar-refractivity contribution in [1.29, 1.82) is 0 Å². The fourth-order valence-electron chi connectivity index (χ4n) is 2.04. The van der Waals surface area contributed by atoms with Gasteiger partial charge in [-0.05, 0) is 23.8 Å². The molecule has 5 heteroatoms. The first-order valence-corrected chi connectivity index (χ1v) is 6.86. The molecule has 0 spiro atoms. The van der Waals surface area contributed by atoms with Gasteiger partial charge in [0.1, 0.15) is 12.7 Å². The lowest BCUT2D eigenvalue weighted by atomic mass is 10.00. The van der Waals surface area contributed by atoms with Crippen LogP contribution in [0.25, 0.3) is 0 Å². The molecule has 1 unspecified atom stereocenters. The van der Waals surface area contributed by atoms with E-state index in [0.717, 1.165) is 0 Å². The van der Waals surface area contributed by atoms with E-state index in [-0.39, 0.29) is 13.2 Å². The summed E-state index contributed by atoms with van der Waals surface area (Å²) in [6.07, 6.45) is -1.23. The number of rotatable bonds is 7. The highest BCUT2D eigenvalue weighted by Gasteiger charge is 2.20. The predicted octanol–water partition coefficient (Wildman–Crippen LogP) is 1.98. The van der Waals surface area contributed by atoms with E-state index >= 15 is 0 Å². The van der Waals surface area contributed by atoms with Gasteiger partial charge < -0.3 is 19.7 Å². The molecule has 1 atom stereocenters. The molecule has 0 bridgehead atoms. The Kier molecular flexibility index (Phi) is 5.52. The molecule has 0 aliphatic heterocycles. The molecule has 0 heterocycles. The second-order valence-corrected chi connectivity index (χ2v) is 4.62. The van der Waals surface area contributed by atoms with Crippen LogP contribution < -0.4 is 9.47 Å². The van der Waals surface area contributed by atoms with Crippen LogP contribution in [0.2, 0.25) is 0 Å². The lowest BCUT2D eigenvalue weighted by molar-refractivity contribution is 0.0747. The quantitative estimate of drug-likeness (QED) is 0.765. The summed E-state index contributed by atoms with van der Waals surface area (Å²) in [5.41, 5.74) is 0.858. The van der Waals surface area contributed by atoms with Gasteiger partial charge in [-0.15, -0.1) is 0 Å². The lowest BCUT2D eigenvalue weighted by Crippen LogP contribution is -2.12. The molecule has 2 aromatic rings. The number of Topliss-reactive ketones (excluding diaryl/α,β-unsaturated/α-hetero) is 1. The Morgan fingerprint density at radius 1 is 1.14 bits per heavy atom. The number of benzene rings is 2. The number of hydrogen-bond acceptors (Lipinski definition) is 5. The largest absolute Gasteiger partial charge is 0.493 e. The van der Waals surface area contributed by atoms with Gasteiger partial charge in [0.15, 0.2) is 17.3 Å². The van der Waals surface area contributed by atoms with Gasteiger partial charge in [-0.1, -0.05) is 30.3 Å². The zero-order chi connectivity index (χ0) is 15.9. The third kappa shape index (κ3) is 3.63. The number of carbonyl (C=O) groups excluding carboxylic acids is 1. The van der Waals surface area contributed by atoms with E-state index in [0.29, 0.717) is 22.6 Å². The van der Waals surface area contributed by atoms with Crippen LogP contribution in [0.5, 0.6) is 11.5 Å². The Balaban J connectivity index is 2.23. The average Bonchev–Trinajstić information content (AvgIpc) is 2.59. The number of methoxy groups -OCH3 is 1. The van der Waals surface area contributed by atoms with Gasteiger partial charge in [0.05, 0.1) is 13.7 Å². The number of carbonyl (C=O) groups is 1. The fourth-order valence-corrected chi connectivity index (χ4v) is 2.04. The van der Waals surface area contributed by atoms with Crippen molar-refractivity contribution in [2.45, 2.75) is 6.10 Å². The van der Waals surface area contributed by atoms with E-state index in [1.807, 2.05) is 6.07 Å². The summed E-state index contributed by atoms with van der Waals surface area (Å²) in [6.45, 7) is 0.0207. The molecule has 0 aromatic heterocycles. The first-order valence-electron chi connectivity index (χ1n) is 6.86. The zero-order valence-corrected chi connectivity index (χ0v) is 12.2. The Bertz CT molecular complexity index is 624. The lowest BCUT2D eigenvalue weighted by Gasteiger charge is -2.13. The standard InChI is InChI=1S/C17H18O5/c1-21-15-11-13(7-8-14(15)22-10-9-18)17(20)16(19)12-5-3-2-4-6-12/h2-8,11,16,18-19H,9-10H2,1H3. The van der Waals surface area contributed by atoms with Crippen LogP contribution in [0.1, 0.15) is 22.0 Å². The second kappa shape index (κ2) is 7.59. The van der Waals surface area contributed by atoms with Crippen LogP contribution in [0.4, 0.5) is 0 Å². The first kappa shape index (κ1) is 16.0. The average molecular weight is 302 g/mol. The Hall–Kier alpha value is -2.37. The summed E-state index contributed by atoms with van der Waals surface area (Å²) < 4.78 is 10.5. The molecular weight excluding hydrogens is 284 g/mol. The SMILES string of the molecule is COc1cc(C(=O)C(O)c2ccccc2)ccc1OCCO. The van der Waals surface area contributed by atoms with Gasteiger partial charge in [0.2, 0.25) is 0 Å². The first-order chi connectivity index (χ1) is 10.7. The van der Waals surface area contributed by atoms with E-state index in [1.165, 1.54) is 13.2 Å². The van der Waals surface area contributed by atoms with Crippen molar-refractivity contribution in [3.63, 3.8) is 0 Å². The molecule has 5 nitrogen and oxygen atoms in total. The molecule has 0 aliphatic rings. The van der Waals surface area contributed by atoms with Crippen molar-refractivity contribution in [2.24, 2.45) is 0 Å². The number of aliphatic hydroxyl groups is 2. The molecule has 0 aliphatic carbocycles. The minimum Gasteiger partial charge on any atom is -0.493 e. The summed E-state index contributed by atoms with van der Waals surface area (Å²) in [5.74, 6) is 0.389. The van der Waals surface area contributed by atoms with Crippen LogP contribution >= 0.6 is 0 Å². The van der Waals surface area contributed by atoms with Crippen LogP contribution in [-0.4, -0.2) is 36.3 Å². The van der Waals surface area contributed by atoms with Gasteiger partial charge in [-0.3, -0.25) is 4.79 Å². The number of ketones is 1. The van der Waals surface area contributed by atoms with Crippen molar-refractivity contribution >= 4 is 5.78 Å². The molecule has 0 saturated carbocycles. The van der Waals surface area contributed by atoms with Gasteiger partial charge >= 0.3 is 0 Å². The third-order valence-electron chi connectivity index (χ3n) is 3.16. The summed E-state index contributed by atoms with van der Waals surface area (Å²) in [4.78, 5) is 12.4. The zero-order valence-electron chi connectivity index (χ0n) is 12.2. The second-order valence-electron chi connectivity index (χ2n) is 4.62. The van der Waals surface area contributed by atoms with Gasteiger partial charge in [-0.25, -0.2) is 0 Å². The molecule has 116 valence electrons. The highest BCUT2D eigenvalue weighted by Crippen LogP contribution is 2.30. The Morgan fingerprint density at radius 3 is 2.50 bits per heavy atom. The molecule has 0 fully saturated rings. The third-order valence-corrected chi connectivity index (χ3v) is 3.16. The molecule has 22 heavy (non-hydrogen) atoms. The highest BCUT2D eigenvalue weighted by atomic mass is 16.5. The number of hydrogen-bond donors (Lipinski definition) is 2. The molecule has 2 rings (SSSR count). The Labute approximate surface area is 128 Å². The van der Waals surface area contributed by atoms with Crippen molar-refractivity contribution in [2.75, 3.05) is 20.3 Å². The maximum atomic E-state index is 12.4. The van der Waals surface area contributed by atoms with Crippen molar-refractivity contribution in [3.05, 3.63) is 59.7 Å². The van der Waals surface area contributed by atoms with E-state index in [2.05, 4.69) is 0 Å². The van der Waals surface area contributed by atoms with Gasteiger partial charge in [0.25, 0.3) is 0 Å². The maximum Gasteiger partial charge on any atom is 0.195 e. The smallest absolute Gasteiger partial charge is 0.195 e.